The smallest absolute Gasteiger partial charge is 0.234 e. The van der Waals surface area contributed by atoms with Gasteiger partial charge in [-0.3, -0.25) is 9.59 Å². The molecule has 0 aliphatic carbocycles. The normalized spacial score (nSPS) is 10.7. The summed E-state index contributed by atoms with van der Waals surface area (Å²) in [6.45, 7) is 8.37. The van der Waals surface area contributed by atoms with Crippen molar-refractivity contribution in [2.45, 2.75) is 38.4 Å². The van der Waals surface area contributed by atoms with Crippen molar-refractivity contribution in [1.82, 2.24) is 14.8 Å². The Kier molecular flexibility index (Phi) is 9.30. The van der Waals surface area contributed by atoms with Gasteiger partial charge in [0.25, 0.3) is 0 Å². The highest BCUT2D eigenvalue weighted by Gasteiger charge is 2.14. The summed E-state index contributed by atoms with van der Waals surface area (Å²) in [5.74, 6) is 1.64. The molecule has 0 atom stereocenters. The molecule has 9 heteroatoms. The third-order valence-electron chi connectivity index (χ3n) is 4.95. The molecule has 0 aliphatic rings. The maximum Gasteiger partial charge on any atom is 0.234 e. The van der Waals surface area contributed by atoms with Gasteiger partial charge in [0.1, 0.15) is 11.6 Å². The molecule has 178 valence electrons. The summed E-state index contributed by atoms with van der Waals surface area (Å²) in [7, 11) is 0. The summed E-state index contributed by atoms with van der Waals surface area (Å²) in [5, 5.41) is 12.7. The van der Waals surface area contributed by atoms with Crippen LogP contribution in [0.4, 0.5) is 5.69 Å². The lowest BCUT2D eigenvalue weighted by Gasteiger charge is -2.10. The molecule has 0 fully saturated rings. The van der Waals surface area contributed by atoms with Gasteiger partial charge in [-0.15, -0.1) is 16.8 Å². The van der Waals surface area contributed by atoms with Crippen molar-refractivity contribution in [1.29, 1.82) is 0 Å². The zero-order valence-electron chi connectivity index (χ0n) is 19.2. The molecule has 7 nitrogen and oxygen atoms in total. The predicted octanol–water partition coefficient (Wildman–Crippen LogP) is 5.37. The van der Waals surface area contributed by atoms with Gasteiger partial charge in [-0.25, -0.2) is 0 Å². The molecule has 1 amide bonds. The van der Waals surface area contributed by atoms with E-state index in [9.17, 15) is 9.59 Å². The Hall–Kier alpha value is -3.10. The SMILES string of the molecule is C=CCn1c(CCCOc2ccc(Cl)cc2C)nnc1SCC(=O)Nc1ccc(C(C)=O)cc1. The molecule has 3 aromatic rings. The number of rotatable bonds is 12. The number of nitrogens with one attached hydrogen (secondary N) is 1. The number of anilines is 1. The number of hydrogen-bond acceptors (Lipinski definition) is 6. The number of nitrogens with zero attached hydrogens (tertiary/aromatic N) is 3. The third kappa shape index (κ3) is 7.20. The van der Waals surface area contributed by atoms with Crippen LogP contribution in [0.2, 0.25) is 5.02 Å². The molecule has 0 unspecified atom stereocenters. The lowest BCUT2D eigenvalue weighted by molar-refractivity contribution is -0.113. The highest BCUT2D eigenvalue weighted by Crippen LogP contribution is 2.22. The Morgan fingerprint density at radius 3 is 2.65 bits per heavy atom. The molecule has 34 heavy (non-hydrogen) atoms. The van der Waals surface area contributed by atoms with Crippen molar-refractivity contribution < 1.29 is 14.3 Å². The van der Waals surface area contributed by atoms with Gasteiger partial charge in [0.05, 0.1) is 12.4 Å². The molecule has 0 spiro atoms. The zero-order chi connectivity index (χ0) is 24.5. The van der Waals surface area contributed by atoms with Crippen LogP contribution in [0.5, 0.6) is 5.75 Å². The number of ketones is 1. The first-order chi connectivity index (χ1) is 16.4. The fourth-order valence-corrected chi connectivity index (χ4v) is 4.22. The summed E-state index contributed by atoms with van der Waals surface area (Å²) in [6, 6.07) is 12.4. The number of halogens is 1. The number of amides is 1. The van der Waals surface area contributed by atoms with E-state index in [4.69, 9.17) is 16.3 Å². The molecule has 2 aromatic carbocycles. The molecule has 0 saturated carbocycles. The monoisotopic (exact) mass is 498 g/mol. The molecule has 1 aromatic heterocycles. The van der Waals surface area contributed by atoms with E-state index in [-0.39, 0.29) is 17.4 Å². The lowest BCUT2D eigenvalue weighted by Crippen LogP contribution is -2.15. The number of ether oxygens (including phenoxy) is 1. The fraction of sp³-hybridized carbons (Fsp3) is 0.280. The van der Waals surface area contributed by atoms with Crippen molar-refractivity contribution in [3.05, 3.63) is 77.1 Å². The fourth-order valence-electron chi connectivity index (χ4n) is 3.23. The molecule has 1 heterocycles. The van der Waals surface area contributed by atoms with Crippen LogP contribution < -0.4 is 10.1 Å². The van der Waals surface area contributed by atoms with Crippen LogP contribution in [0, 0.1) is 6.92 Å². The van der Waals surface area contributed by atoms with Gasteiger partial charge in [0, 0.05) is 29.2 Å². The second kappa shape index (κ2) is 12.4. The Balaban J connectivity index is 1.51. The average Bonchev–Trinajstić information content (AvgIpc) is 3.18. The van der Waals surface area contributed by atoms with Crippen LogP contribution in [0.1, 0.15) is 35.1 Å². The maximum atomic E-state index is 12.4. The third-order valence-corrected chi connectivity index (χ3v) is 6.15. The van der Waals surface area contributed by atoms with E-state index in [1.165, 1.54) is 18.7 Å². The van der Waals surface area contributed by atoms with Crippen molar-refractivity contribution >= 4 is 40.7 Å². The second-order valence-corrected chi connectivity index (χ2v) is 9.01. The molecule has 3 rings (SSSR count). The number of hydrogen-bond donors (Lipinski definition) is 1. The van der Waals surface area contributed by atoms with Crippen LogP contribution in [-0.4, -0.2) is 38.8 Å². The number of aryl methyl sites for hydroxylation is 2. The molecule has 0 aliphatic heterocycles. The Morgan fingerprint density at radius 2 is 1.97 bits per heavy atom. The minimum Gasteiger partial charge on any atom is -0.493 e. The van der Waals surface area contributed by atoms with Gasteiger partial charge in [-0.2, -0.15) is 0 Å². The topological polar surface area (TPSA) is 86.1 Å². The summed E-state index contributed by atoms with van der Waals surface area (Å²) < 4.78 is 7.82. The van der Waals surface area contributed by atoms with Gasteiger partial charge in [0.2, 0.25) is 5.91 Å². The van der Waals surface area contributed by atoms with Crippen LogP contribution >= 0.6 is 23.4 Å². The number of carbonyl (C=O) groups is 2. The van der Waals surface area contributed by atoms with E-state index in [1.54, 1.807) is 30.3 Å². The van der Waals surface area contributed by atoms with Crippen LogP contribution in [-0.2, 0) is 17.8 Å². The van der Waals surface area contributed by atoms with Gasteiger partial charge in [0.15, 0.2) is 10.9 Å². The molecular weight excluding hydrogens is 472 g/mol. The molecule has 0 radical (unpaired) electrons. The number of benzene rings is 2. The van der Waals surface area contributed by atoms with Gasteiger partial charge in [-0.1, -0.05) is 29.4 Å². The van der Waals surface area contributed by atoms with E-state index >= 15 is 0 Å². The number of thioether (sulfide) groups is 1. The van der Waals surface area contributed by atoms with E-state index in [0.29, 0.717) is 41.0 Å². The number of allylic oxidation sites excluding steroid dienone is 1. The minimum atomic E-state index is -0.165. The first-order valence-corrected chi connectivity index (χ1v) is 12.2. The maximum absolute atomic E-state index is 12.4. The minimum absolute atomic E-state index is 0.0163. The average molecular weight is 499 g/mol. The number of carbonyl (C=O) groups excluding carboxylic acids is 2. The highest BCUT2D eigenvalue weighted by atomic mass is 35.5. The second-order valence-electron chi connectivity index (χ2n) is 7.63. The van der Waals surface area contributed by atoms with E-state index in [0.717, 1.165) is 23.6 Å². The van der Waals surface area contributed by atoms with Crippen molar-refractivity contribution in [2.24, 2.45) is 0 Å². The van der Waals surface area contributed by atoms with Gasteiger partial charge in [-0.05, 0) is 68.3 Å². The van der Waals surface area contributed by atoms with Crippen molar-refractivity contribution in [3.63, 3.8) is 0 Å². The lowest BCUT2D eigenvalue weighted by atomic mass is 10.1. The van der Waals surface area contributed by atoms with E-state index < -0.39 is 0 Å². The Bertz CT molecular complexity index is 1160. The van der Waals surface area contributed by atoms with Crippen LogP contribution in [0.15, 0.2) is 60.3 Å². The van der Waals surface area contributed by atoms with Crippen molar-refractivity contribution in [2.75, 3.05) is 17.7 Å². The summed E-state index contributed by atoms with van der Waals surface area (Å²) in [6.07, 6.45) is 3.22. The standard InChI is InChI=1S/C25H27ClN4O3S/c1-4-13-30-23(6-5-14-33-22-12-9-20(26)15-17(22)2)28-29-25(30)34-16-24(32)27-21-10-7-19(8-11-21)18(3)31/h4,7-12,15H,1,5-6,13-14,16H2,2-3H3,(H,27,32). The molecule has 0 saturated heterocycles. The Labute approximate surface area is 208 Å². The van der Waals surface area contributed by atoms with Crippen LogP contribution in [0.25, 0.3) is 0 Å². The largest absolute Gasteiger partial charge is 0.493 e. The summed E-state index contributed by atoms with van der Waals surface area (Å²) in [5.41, 5.74) is 2.24. The molecule has 1 N–H and O–H groups in total. The first-order valence-electron chi connectivity index (χ1n) is 10.8. The van der Waals surface area contributed by atoms with Crippen LogP contribution in [0.3, 0.4) is 0 Å². The van der Waals surface area contributed by atoms with Crippen molar-refractivity contribution in [3.8, 4) is 5.75 Å². The molecular formula is C25H27ClN4O3S. The number of Topliss-reactive ketones (excluding diaryl/α,β-unsaturated/α-hetero) is 1. The van der Waals surface area contributed by atoms with Gasteiger partial charge >= 0.3 is 0 Å². The van der Waals surface area contributed by atoms with Gasteiger partial charge < -0.3 is 14.6 Å². The molecule has 0 bridgehead atoms. The predicted molar refractivity (Wildman–Crippen MR) is 136 cm³/mol. The zero-order valence-corrected chi connectivity index (χ0v) is 20.8. The van der Waals surface area contributed by atoms with E-state index in [1.807, 2.05) is 29.7 Å². The summed E-state index contributed by atoms with van der Waals surface area (Å²) in [4.78, 5) is 23.7. The Morgan fingerprint density at radius 1 is 1.21 bits per heavy atom. The van der Waals surface area contributed by atoms with E-state index in [2.05, 4.69) is 22.1 Å². The number of aromatic nitrogens is 3. The quantitative estimate of drug-likeness (QED) is 0.156. The highest BCUT2D eigenvalue weighted by molar-refractivity contribution is 7.99. The first kappa shape index (κ1) is 25.5. The summed E-state index contributed by atoms with van der Waals surface area (Å²) >= 11 is 7.30.